The van der Waals surface area contributed by atoms with Crippen LogP contribution in [0.2, 0.25) is 5.02 Å². The Morgan fingerprint density at radius 3 is 2.32 bits per heavy atom. The van der Waals surface area contributed by atoms with Gasteiger partial charge in [0.25, 0.3) is 0 Å². The molecule has 2 atom stereocenters. The minimum atomic E-state index is -0.663. The summed E-state index contributed by atoms with van der Waals surface area (Å²) < 4.78 is 0. The van der Waals surface area contributed by atoms with Gasteiger partial charge in [-0.3, -0.25) is 4.90 Å². The Morgan fingerprint density at radius 1 is 1.05 bits per heavy atom. The molecular weight excluding hydrogens is 298 g/mol. The fraction of sp³-hybridized carbons (Fsp3) is 0.333. The molecule has 0 aliphatic heterocycles. The van der Waals surface area contributed by atoms with Gasteiger partial charge in [-0.25, -0.2) is 0 Å². The van der Waals surface area contributed by atoms with Crippen molar-refractivity contribution in [2.45, 2.75) is 18.6 Å². The van der Waals surface area contributed by atoms with Gasteiger partial charge in [0.05, 0.1) is 6.10 Å². The average Bonchev–Trinajstić information content (AvgIpc) is 2.53. The van der Waals surface area contributed by atoms with Crippen molar-refractivity contribution in [3.8, 4) is 0 Å². The SMILES string of the molecule is CN(CC(O)c1ccccc1Cl)C(CCO)c1ccccc1. The molecule has 0 heterocycles. The summed E-state index contributed by atoms with van der Waals surface area (Å²) >= 11 is 6.14. The Labute approximate surface area is 136 Å². The number of hydrogen-bond acceptors (Lipinski definition) is 3. The smallest absolute Gasteiger partial charge is 0.0931 e. The number of rotatable bonds is 7. The molecule has 22 heavy (non-hydrogen) atoms. The predicted octanol–water partition coefficient (Wildman–Crippen LogP) is 3.43. The normalized spacial score (nSPS) is 14.0. The Hall–Kier alpha value is -1.39. The van der Waals surface area contributed by atoms with Gasteiger partial charge in [0.1, 0.15) is 0 Å². The lowest BCUT2D eigenvalue weighted by atomic mass is 10.0. The van der Waals surface area contributed by atoms with E-state index in [1.165, 1.54) is 0 Å². The van der Waals surface area contributed by atoms with Crippen LogP contribution in [0, 0.1) is 0 Å². The molecule has 0 saturated heterocycles. The van der Waals surface area contributed by atoms with Crippen LogP contribution in [0.4, 0.5) is 0 Å². The maximum atomic E-state index is 10.4. The molecule has 0 aromatic heterocycles. The van der Waals surface area contributed by atoms with E-state index in [0.717, 1.165) is 11.1 Å². The van der Waals surface area contributed by atoms with Gasteiger partial charge in [-0.1, -0.05) is 60.1 Å². The van der Waals surface area contributed by atoms with Gasteiger partial charge >= 0.3 is 0 Å². The molecule has 4 heteroatoms. The molecule has 0 bridgehead atoms. The van der Waals surface area contributed by atoms with E-state index in [2.05, 4.69) is 4.90 Å². The molecule has 2 aromatic carbocycles. The Balaban J connectivity index is 2.11. The molecule has 0 aliphatic carbocycles. The van der Waals surface area contributed by atoms with E-state index in [1.807, 2.05) is 55.6 Å². The average molecular weight is 320 g/mol. The van der Waals surface area contributed by atoms with Crippen molar-refractivity contribution < 1.29 is 10.2 Å². The second-order valence-electron chi connectivity index (χ2n) is 5.42. The van der Waals surface area contributed by atoms with Gasteiger partial charge in [0.2, 0.25) is 0 Å². The maximum absolute atomic E-state index is 10.4. The fourth-order valence-corrected chi connectivity index (χ4v) is 2.94. The Bertz CT molecular complexity index is 576. The van der Waals surface area contributed by atoms with Crippen molar-refractivity contribution in [3.63, 3.8) is 0 Å². The third-order valence-corrected chi connectivity index (χ3v) is 4.19. The second-order valence-corrected chi connectivity index (χ2v) is 5.82. The highest BCUT2D eigenvalue weighted by Gasteiger charge is 2.20. The molecule has 0 spiro atoms. The zero-order valence-electron chi connectivity index (χ0n) is 12.7. The van der Waals surface area contributed by atoms with Crippen molar-refractivity contribution in [2.75, 3.05) is 20.2 Å². The molecule has 2 N–H and O–H groups in total. The van der Waals surface area contributed by atoms with E-state index < -0.39 is 6.10 Å². The zero-order chi connectivity index (χ0) is 15.9. The summed E-state index contributed by atoms with van der Waals surface area (Å²) in [6.45, 7) is 0.551. The summed E-state index contributed by atoms with van der Waals surface area (Å²) in [4.78, 5) is 2.06. The molecular formula is C18H22ClNO2. The second kappa shape index (κ2) is 8.30. The quantitative estimate of drug-likeness (QED) is 0.821. The van der Waals surface area contributed by atoms with Crippen LogP contribution < -0.4 is 0 Å². The minimum Gasteiger partial charge on any atom is -0.396 e. The van der Waals surface area contributed by atoms with Crippen molar-refractivity contribution >= 4 is 11.6 Å². The maximum Gasteiger partial charge on any atom is 0.0931 e. The molecule has 118 valence electrons. The number of halogens is 1. The highest BCUT2D eigenvalue weighted by atomic mass is 35.5. The third-order valence-electron chi connectivity index (χ3n) is 3.84. The zero-order valence-corrected chi connectivity index (χ0v) is 13.4. The number of nitrogens with zero attached hydrogens (tertiary/aromatic N) is 1. The van der Waals surface area contributed by atoms with Gasteiger partial charge in [0, 0.05) is 29.8 Å². The van der Waals surface area contributed by atoms with Crippen molar-refractivity contribution in [3.05, 3.63) is 70.7 Å². The lowest BCUT2D eigenvalue weighted by Gasteiger charge is -2.30. The first-order chi connectivity index (χ1) is 10.6. The third kappa shape index (κ3) is 4.31. The van der Waals surface area contributed by atoms with Crippen LogP contribution in [0.15, 0.2) is 54.6 Å². The molecule has 0 saturated carbocycles. The summed E-state index contributed by atoms with van der Waals surface area (Å²) in [7, 11) is 1.95. The number of benzene rings is 2. The Kier molecular flexibility index (Phi) is 6.40. The fourth-order valence-electron chi connectivity index (χ4n) is 2.68. The lowest BCUT2D eigenvalue weighted by Crippen LogP contribution is -2.30. The van der Waals surface area contributed by atoms with Crippen LogP contribution in [-0.2, 0) is 0 Å². The summed E-state index contributed by atoms with van der Waals surface area (Å²) in [5.41, 5.74) is 1.86. The van der Waals surface area contributed by atoms with Crippen LogP contribution in [0.3, 0.4) is 0 Å². The van der Waals surface area contributed by atoms with Crippen LogP contribution in [-0.4, -0.2) is 35.3 Å². The van der Waals surface area contributed by atoms with Gasteiger partial charge < -0.3 is 10.2 Å². The van der Waals surface area contributed by atoms with E-state index in [4.69, 9.17) is 11.6 Å². The topological polar surface area (TPSA) is 43.7 Å². The van der Waals surface area contributed by atoms with E-state index in [0.29, 0.717) is 18.0 Å². The number of hydrogen-bond donors (Lipinski definition) is 2. The molecule has 0 amide bonds. The molecule has 2 aromatic rings. The first-order valence-electron chi connectivity index (χ1n) is 7.42. The minimum absolute atomic E-state index is 0.0586. The van der Waals surface area contributed by atoms with E-state index in [-0.39, 0.29) is 12.6 Å². The lowest BCUT2D eigenvalue weighted by molar-refractivity contribution is 0.0938. The largest absolute Gasteiger partial charge is 0.396 e. The standard InChI is InChI=1S/C18H22ClNO2/c1-20(13-18(22)15-9-5-6-10-16(15)19)17(11-12-21)14-7-3-2-4-8-14/h2-10,17-18,21-22H,11-13H2,1H3. The molecule has 0 radical (unpaired) electrons. The van der Waals surface area contributed by atoms with Gasteiger partial charge in [-0.05, 0) is 25.1 Å². The van der Waals surface area contributed by atoms with Gasteiger partial charge in [-0.2, -0.15) is 0 Å². The summed E-state index contributed by atoms with van der Waals surface area (Å²) in [5, 5.41) is 20.4. The molecule has 3 nitrogen and oxygen atoms in total. The monoisotopic (exact) mass is 319 g/mol. The predicted molar refractivity (Wildman–Crippen MR) is 89.9 cm³/mol. The van der Waals surface area contributed by atoms with E-state index in [1.54, 1.807) is 6.07 Å². The molecule has 2 rings (SSSR count). The summed E-state index contributed by atoms with van der Waals surface area (Å²) in [6.07, 6.45) is -0.0425. The highest BCUT2D eigenvalue weighted by molar-refractivity contribution is 6.31. The summed E-state index contributed by atoms with van der Waals surface area (Å²) in [6, 6.07) is 17.4. The first kappa shape index (κ1) is 17.0. The van der Waals surface area contributed by atoms with Crippen molar-refractivity contribution in [1.29, 1.82) is 0 Å². The number of aliphatic hydroxyl groups excluding tert-OH is 2. The highest BCUT2D eigenvalue weighted by Crippen LogP contribution is 2.27. The molecule has 0 aliphatic rings. The van der Waals surface area contributed by atoms with E-state index >= 15 is 0 Å². The summed E-state index contributed by atoms with van der Waals surface area (Å²) in [5.74, 6) is 0. The number of aliphatic hydroxyl groups is 2. The van der Waals surface area contributed by atoms with Crippen LogP contribution >= 0.6 is 11.6 Å². The Morgan fingerprint density at radius 2 is 1.68 bits per heavy atom. The molecule has 0 fully saturated rings. The first-order valence-corrected chi connectivity index (χ1v) is 7.79. The van der Waals surface area contributed by atoms with Gasteiger partial charge in [-0.15, -0.1) is 0 Å². The van der Waals surface area contributed by atoms with Crippen molar-refractivity contribution in [2.24, 2.45) is 0 Å². The van der Waals surface area contributed by atoms with Gasteiger partial charge in [0.15, 0.2) is 0 Å². The van der Waals surface area contributed by atoms with Crippen LogP contribution in [0.5, 0.6) is 0 Å². The number of likely N-dealkylation sites (N-methyl/N-ethyl adjacent to an activating group) is 1. The molecule has 2 unspecified atom stereocenters. The van der Waals surface area contributed by atoms with Crippen LogP contribution in [0.25, 0.3) is 0 Å². The van der Waals surface area contributed by atoms with Crippen molar-refractivity contribution in [1.82, 2.24) is 4.90 Å². The van der Waals surface area contributed by atoms with E-state index in [9.17, 15) is 10.2 Å². The van der Waals surface area contributed by atoms with Crippen LogP contribution in [0.1, 0.15) is 29.7 Å².